The summed E-state index contributed by atoms with van der Waals surface area (Å²) in [4.78, 5) is 20.0. The molecule has 0 aliphatic rings. The maximum absolute atomic E-state index is 11.6. The zero-order chi connectivity index (χ0) is 13.8. The van der Waals surface area contributed by atoms with Crippen molar-refractivity contribution < 1.29 is 13.9 Å². The van der Waals surface area contributed by atoms with E-state index in [1.54, 1.807) is 13.8 Å². The fourth-order valence-corrected chi connectivity index (χ4v) is 1.63. The largest absolute Gasteiger partial charge is 0.461 e. The van der Waals surface area contributed by atoms with E-state index < -0.39 is 5.97 Å². The topological polar surface area (TPSA) is 93.9 Å². The Labute approximate surface area is 110 Å². The van der Waals surface area contributed by atoms with Crippen molar-refractivity contribution in [2.24, 2.45) is 0 Å². The molecule has 1 N–H and O–H groups in total. The van der Waals surface area contributed by atoms with Crippen molar-refractivity contribution in [3.63, 3.8) is 0 Å². The standard InChI is InChI=1S/C12H16N4O3/c1-4-8-13-9(16-15-8)6-10-14-11(7(3)19-10)12(17)18-5-2/h4-6H2,1-3H3,(H,13,15,16). The lowest BCUT2D eigenvalue weighted by Gasteiger charge is -1.96. The van der Waals surface area contributed by atoms with E-state index >= 15 is 0 Å². The Kier molecular flexibility index (Phi) is 3.94. The average Bonchev–Trinajstić information content (AvgIpc) is 2.97. The molecule has 2 aromatic heterocycles. The molecule has 0 aliphatic heterocycles. The minimum Gasteiger partial charge on any atom is -0.461 e. The third-order valence-electron chi connectivity index (χ3n) is 2.52. The number of nitrogens with zero attached hydrogens (tertiary/aromatic N) is 3. The molecule has 0 atom stereocenters. The van der Waals surface area contributed by atoms with Gasteiger partial charge in [0.05, 0.1) is 13.0 Å². The van der Waals surface area contributed by atoms with E-state index in [-0.39, 0.29) is 5.69 Å². The Balaban J connectivity index is 2.13. The van der Waals surface area contributed by atoms with Crippen LogP contribution in [-0.2, 0) is 17.6 Å². The van der Waals surface area contributed by atoms with Crippen molar-refractivity contribution in [3.05, 3.63) is 29.0 Å². The highest BCUT2D eigenvalue weighted by molar-refractivity contribution is 5.88. The number of H-pyrrole nitrogens is 1. The monoisotopic (exact) mass is 264 g/mol. The SMILES string of the molecule is CCOC(=O)c1nc(Cc2nc(CC)n[nH]2)oc1C. The number of hydrogen-bond acceptors (Lipinski definition) is 6. The summed E-state index contributed by atoms with van der Waals surface area (Å²) in [6.45, 7) is 5.71. The summed E-state index contributed by atoms with van der Waals surface area (Å²) in [6.07, 6.45) is 1.13. The van der Waals surface area contributed by atoms with Crippen LogP contribution in [0.15, 0.2) is 4.42 Å². The molecule has 0 fully saturated rings. The lowest BCUT2D eigenvalue weighted by molar-refractivity contribution is 0.0518. The number of rotatable bonds is 5. The maximum Gasteiger partial charge on any atom is 0.360 e. The molecule has 2 rings (SSSR count). The minimum atomic E-state index is -0.471. The summed E-state index contributed by atoms with van der Waals surface area (Å²) < 4.78 is 10.3. The van der Waals surface area contributed by atoms with Gasteiger partial charge in [0.1, 0.15) is 17.4 Å². The van der Waals surface area contributed by atoms with Crippen LogP contribution in [0, 0.1) is 6.92 Å². The van der Waals surface area contributed by atoms with E-state index in [0.717, 1.165) is 12.2 Å². The Morgan fingerprint density at radius 2 is 2.16 bits per heavy atom. The number of ether oxygens (including phenoxy) is 1. The molecule has 7 heteroatoms. The first kappa shape index (κ1) is 13.3. The Morgan fingerprint density at radius 3 is 2.79 bits per heavy atom. The van der Waals surface area contributed by atoms with Gasteiger partial charge in [0.25, 0.3) is 0 Å². The Bertz CT molecular complexity index is 573. The first-order valence-corrected chi connectivity index (χ1v) is 6.17. The van der Waals surface area contributed by atoms with Crippen molar-refractivity contribution >= 4 is 5.97 Å². The van der Waals surface area contributed by atoms with Gasteiger partial charge >= 0.3 is 5.97 Å². The molecule has 0 radical (unpaired) electrons. The molecule has 0 amide bonds. The second-order valence-corrected chi connectivity index (χ2v) is 3.96. The highest BCUT2D eigenvalue weighted by Crippen LogP contribution is 2.13. The number of aryl methyl sites for hydroxylation is 2. The lowest BCUT2D eigenvalue weighted by atomic mass is 10.3. The second-order valence-electron chi connectivity index (χ2n) is 3.96. The third-order valence-corrected chi connectivity index (χ3v) is 2.52. The number of hydrogen-bond donors (Lipinski definition) is 1. The molecule has 2 aromatic rings. The average molecular weight is 264 g/mol. The van der Waals surface area contributed by atoms with Gasteiger partial charge in [0, 0.05) is 6.42 Å². The van der Waals surface area contributed by atoms with Crippen LogP contribution in [-0.4, -0.2) is 32.7 Å². The zero-order valence-corrected chi connectivity index (χ0v) is 11.2. The number of esters is 1. The van der Waals surface area contributed by atoms with Crippen molar-refractivity contribution in [3.8, 4) is 0 Å². The van der Waals surface area contributed by atoms with Gasteiger partial charge in [-0.2, -0.15) is 5.10 Å². The van der Waals surface area contributed by atoms with Crippen molar-refractivity contribution in [1.29, 1.82) is 0 Å². The summed E-state index contributed by atoms with van der Waals surface area (Å²) in [5.41, 5.74) is 0.215. The number of aromatic nitrogens is 4. The van der Waals surface area contributed by atoms with Crippen molar-refractivity contribution in [2.75, 3.05) is 6.61 Å². The summed E-state index contributed by atoms with van der Waals surface area (Å²) in [6, 6.07) is 0. The van der Waals surface area contributed by atoms with Gasteiger partial charge in [-0.3, -0.25) is 5.10 Å². The molecule has 0 aromatic carbocycles. The van der Waals surface area contributed by atoms with Crippen LogP contribution in [0.5, 0.6) is 0 Å². The minimum absolute atomic E-state index is 0.215. The maximum atomic E-state index is 11.6. The van der Waals surface area contributed by atoms with Crippen LogP contribution in [0.4, 0.5) is 0 Å². The van der Waals surface area contributed by atoms with E-state index in [9.17, 15) is 4.79 Å². The van der Waals surface area contributed by atoms with Gasteiger partial charge in [-0.15, -0.1) is 0 Å². The molecule has 0 unspecified atom stereocenters. The first-order chi connectivity index (χ1) is 9.13. The number of aromatic amines is 1. The summed E-state index contributed by atoms with van der Waals surface area (Å²) >= 11 is 0. The van der Waals surface area contributed by atoms with E-state index in [1.807, 2.05) is 6.92 Å². The third kappa shape index (κ3) is 2.98. The van der Waals surface area contributed by atoms with E-state index in [2.05, 4.69) is 20.2 Å². The number of oxazole rings is 1. The predicted molar refractivity (Wildman–Crippen MR) is 65.8 cm³/mol. The Morgan fingerprint density at radius 1 is 1.37 bits per heavy atom. The van der Waals surface area contributed by atoms with Crippen LogP contribution in [0.2, 0.25) is 0 Å². The predicted octanol–water partition coefficient (Wildman–Crippen LogP) is 1.43. The summed E-state index contributed by atoms with van der Waals surface area (Å²) in [5.74, 6) is 1.79. The van der Waals surface area contributed by atoms with Crippen molar-refractivity contribution in [2.45, 2.75) is 33.6 Å². The Hall–Kier alpha value is -2.18. The molecule has 19 heavy (non-hydrogen) atoms. The quantitative estimate of drug-likeness (QED) is 0.821. The van der Waals surface area contributed by atoms with Gasteiger partial charge in [-0.1, -0.05) is 6.92 Å². The van der Waals surface area contributed by atoms with Gasteiger partial charge < -0.3 is 9.15 Å². The normalized spacial score (nSPS) is 10.7. The van der Waals surface area contributed by atoms with Gasteiger partial charge in [-0.05, 0) is 13.8 Å². The highest BCUT2D eigenvalue weighted by Gasteiger charge is 2.19. The number of nitrogens with one attached hydrogen (secondary N) is 1. The molecule has 0 bridgehead atoms. The van der Waals surface area contributed by atoms with E-state index in [4.69, 9.17) is 9.15 Å². The van der Waals surface area contributed by atoms with Crippen LogP contribution in [0.1, 0.15) is 47.6 Å². The molecule has 0 aliphatic carbocycles. The molecule has 102 valence electrons. The van der Waals surface area contributed by atoms with Crippen molar-refractivity contribution in [1.82, 2.24) is 20.2 Å². The lowest BCUT2D eigenvalue weighted by Crippen LogP contribution is -2.06. The van der Waals surface area contributed by atoms with Crippen LogP contribution < -0.4 is 0 Å². The molecule has 0 saturated carbocycles. The molecular formula is C12H16N4O3. The summed E-state index contributed by atoms with van der Waals surface area (Å²) in [7, 11) is 0. The first-order valence-electron chi connectivity index (χ1n) is 6.17. The van der Waals surface area contributed by atoms with E-state index in [0.29, 0.717) is 30.5 Å². The molecule has 0 spiro atoms. The van der Waals surface area contributed by atoms with Gasteiger partial charge in [0.2, 0.25) is 5.89 Å². The number of carbonyl (C=O) groups excluding carboxylic acids is 1. The summed E-state index contributed by atoms with van der Waals surface area (Å²) in [5, 5.41) is 6.84. The molecular weight excluding hydrogens is 248 g/mol. The molecule has 0 saturated heterocycles. The van der Waals surface area contributed by atoms with Crippen LogP contribution in [0.25, 0.3) is 0 Å². The zero-order valence-electron chi connectivity index (χ0n) is 11.2. The fraction of sp³-hybridized carbons (Fsp3) is 0.500. The highest BCUT2D eigenvalue weighted by atomic mass is 16.5. The smallest absolute Gasteiger partial charge is 0.360 e. The molecule has 7 nitrogen and oxygen atoms in total. The van der Waals surface area contributed by atoms with Crippen LogP contribution >= 0.6 is 0 Å². The fourth-order valence-electron chi connectivity index (χ4n) is 1.63. The van der Waals surface area contributed by atoms with Gasteiger partial charge in [-0.25, -0.2) is 14.8 Å². The molecule has 2 heterocycles. The second kappa shape index (κ2) is 5.64. The van der Waals surface area contributed by atoms with Crippen LogP contribution in [0.3, 0.4) is 0 Å². The number of carbonyl (C=O) groups is 1. The van der Waals surface area contributed by atoms with Gasteiger partial charge in [0.15, 0.2) is 5.69 Å². The van der Waals surface area contributed by atoms with E-state index in [1.165, 1.54) is 0 Å².